The first-order valence-corrected chi connectivity index (χ1v) is 13.2. The topological polar surface area (TPSA) is 108 Å². The van der Waals surface area contributed by atoms with E-state index in [9.17, 15) is 4.79 Å². The van der Waals surface area contributed by atoms with Gasteiger partial charge in [-0.15, -0.1) is 10.2 Å². The minimum absolute atomic E-state index is 0.0561. The second-order valence-electron chi connectivity index (χ2n) is 10.2. The van der Waals surface area contributed by atoms with Crippen LogP contribution in [0.2, 0.25) is 0 Å². The third-order valence-electron chi connectivity index (χ3n) is 7.49. The van der Waals surface area contributed by atoms with E-state index in [1.807, 2.05) is 12.1 Å². The van der Waals surface area contributed by atoms with E-state index in [4.69, 9.17) is 9.47 Å². The Morgan fingerprint density at radius 3 is 2.45 bits per heavy atom. The summed E-state index contributed by atoms with van der Waals surface area (Å²) in [7, 11) is 4.98. The number of piperidine rings is 1. The predicted octanol–water partition coefficient (Wildman–Crippen LogP) is 4.69. The van der Waals surface area contributed by atoms with Crippen molar-refractivity contribution in [1.82, 2.24) is 30.4 Å². The molecule has 0 saturated carbocycles. The van der Waals surface area contributed by atoms with Gasteiger partial charge in [-0.1, -0.05) is 13.8 Å². The number of nitrogens with zero attached hydrogens (tertiary/aromatic N) is 3. The van der Waals surface area contributed by atoms with Crippen molar-refractivity contribution in [2.75, 3.05) is 40.9 Å². The first kappa shape index (κ1) is 25.8. The highest BCUT2D eigenvalue weighted by atomic mass is 16.5. The molecule has 3 heterocycles. The molecule has 3 N–H and O–H groups in total. The van der Waals surface area contributed by atoms with Crippen molar-refractivity contribution in [2.24, 2.45) is 0 Å². The number of likely N-dealkylation sites (N-methyl/N-ethyl adjacent to an activating group) is 1. The lowest BCUT2D eigenvalue weighted by Crippen LogP contribution is -2.40. The molecule has 4 aromatic rings. The Hall–Kier alpha value is -3.85. The lowest BCUT2D eigenvalue weighted by atomic mass is 9.95. The molecule has 1 fully saturated rings. The quantitative estimate of drug-likeness (QED) is 0.314. The Kier molecular flexibility index (Phi) is 7.37. The fourth-order valence-corrected chi connectivity index (χ4v) is 5.41. The zero-order valence-corrected chi connectivity index (χ0v) is 22.7. The Morgan fingerprint density at radius 1 is 1.03 bits per heavy atom. The van der Waals surface area contributed by atoms with Crippen LogP contribution < -0.4 is 14.8 Å². The number of nitrogens with one attached hydrogen (secondary N) is 3. The summed E-state index contributed by atoms with van der Waals surface area (Å²) in [4.78, 5) is 21.0. The number of methoxy groups -OCH3 is 2. The van der Waals surface area contributed by atoms with Crippen molar-refractivity contribution in [3.05, 3.63) is 47.8 Å². The SMILES string of the molecule is CNC(=O)CN1CCC(c2nnc(-c3ccc4[nH]c(-c5ccc(OC)c(OC)c5)c(C(C)C)c4c3)[nH]2)CC1. The van der Waals surface area contributed by atoms with E-state index in [0.717, 1.165) is 59.9 Å². The van der Waals surface area contributed by atoms with Crippen molar-refractivity contribution in [1.29, 1.82) is 0 Å². The monoisotopic (exact) mass is 516 g/mol. The van der Waals surface area contributed by atoms with Crippen LogP contribution in [-0.2, 0) is 4.79 Å². The van der Waals surface area contributed by atoms with Gasteiger partial charge in [-0.05, 0) is 73.8 Å². The van der Waals surface area contributed by atoms with Gasteiger partial charge < -0.3 is 24.8 Å². The summed E-state index contributed by atoms with van der Waals surface area (Å²) in [6.07, 6.45) is 1.91. The van der Waals surface area contributed by atoms with Crippen LogP contribution in [0.25, 0.3) is 33.5 Å². The summed E-state index contributed by atoms with van der Waals surface area (Å²) in [5.74, 6) is 3.78. The fourth-order valence-electron chi connectivity index (χ4n) is 5.41. The first-order valence-electron chi connectivity index (χ1n) is 13.2. The first-order chi connectivity index (χ1) is 18.4. The summed E-state index contributed by atoms with van der Waals surface area (Å²) in [6.45, 7) is 6.62. The molecule has 0 aliphatic carbocycles. The van der Waals surface area contributed by atoms with Gasteiger partial charge in [0, 0.05) is 35.0 Å². The molecule has 2 aromatic heterocycles. The van der Waals surface area contributed by atoms with E-state index >= 15 is 0 Å². The van der Waals surface area contributed by atoms with Gasteiger partial charge >= 0.3 is 0 Å². The van der Waals surface area contributed by atoms with E-state index < -0.39 is 0 Å². The van der Waals surface area contributed by atoms with Crippen molar-refractivity contribution in [3.8, 4) is 34.1 Å². The second-order valence-corrected chi connectivity index (χ2v) is 10.2. The van der Waals surface area contributed by atoms with Gasteiger partial charge in [-0.25, -0.2) is 0 Å². The van der Waals surface area contributed by atoms with Crippen molar-refractivity contribution in [2.45, 2.75) is 38.5 Å². The molecule has 1 aliphatic rings. The smallest absolute Gasteiger partial charge is 0.233 e. The summed E-state index contributed by atoms with van der Waals surface area (Å²) >= 11 is 0. The van der Waals surface area contributed by atoms with Crippen LogP contribution in [0.15, 0.2) is 36.4 Å². The molecule has 0 unspecified atom stereocenters. The molecule has 0 spiro atoms. The maximum atomic E-state index is 11.7. The van der Waals surface area contributed by atoms with Crippen molar-refractivity contribution in [3.63, 3.8) is 0 Å². The number of fused-ring (bicyclic) bond motifs is 1. The van der Waals surface area contributed by atoms with E-state index in [-0.39, 0.29) is 5.91 Å². The molecule has 1 aliphatic heterocycles. The minimum atomic E-state index is 0.0561. The summed E-state index contributed by atoms with van der Waals surface area (Å²) in [6, 6.07) is 12.4. The fraction of sp³-hybridized carbons (Fsp3) is 0.414. The van der Waals surface area contributed by atoms with Crippen LogP contribution in [-0.4, -0.2) is 71.9 Å². The van der Waals surface area contributed by atoms with Gasteiger partial charge in [0.1, 0.15) is 5.82 Å². The minimum Gasteiger partial charge on any atom is -0.493 e. The maximum Gasteiger partial charge on any atom is 0.233 e. The van der Waals surface area contributed by atoms with E-state index in [1.165, 1.54) is 10.9 Å². The number of carbonyl (C=O) groups excluding carboxylic acids is 1. The third kappa shape index (κ3) is 4.98. The molecule has 1 saturated heterocycles. The molecule has 5 rings (SSSR count). The number of benzene rings is 2. The molecular formula is C29H36N6O3. The Balaban J connectivity index is 1.42. The molecule has 0 bridgehead atoms. The number of aromatic amines is 2. The molecular weight excluding hydrogens is 480 g/mol. The van der Waals surface area contributed by atoms with Crippen LogP contribution in [0.4, 0.5) is 0 Å². The Morgan fingerprint density at radius 2 is 1.76 bits per heavy atom. The molecule has 0 radical (unpaired) electrons. The Bertz CT molecular complexity index is 1430. The number of amides is 1. The van der Waals surface area contributed by atoms with Crippen LogP contribution in [0.1, 0.15) is 49.9 Å². The van der Waals surface area contributed by atoms with Gasteiger partial charge in [0.15, 0.2) is 17.3 Å². The standard InChI is InChI=1S/C29H36N6O3/c1-17(2)26-21-14-20(6-8-22(21)31-27(26)19-7-9-23(37-4)24(15-19)38-5)29-32-28(33-34-29)18-10-12-35(13-11-18)16-25(36)30-3/h6-9,14-15,17-18,31H,10-13,16H2,1-5H3,(H,30,36)(H,32,33,34). The van der Waals surface area contributed by atoms with Gasteiger partial charge in [-0.2, -0.15) is 0 Å². The Labute approximate surface area is 222 Å². The number of rotatable bonds is 8. The highest BCUT2D eigenvalue weighted by Crippen LogP contribution is 2.40. The number of likely N-dealkylation sites (tertiary alicyclic amines) is 1. The predicted molar refractivity (Wildman–Crippen MR) is 149 cm³/mol. The number of ether oxygens (including phenoxy) is 2. The molecule has 9 heteroatoms. The highest BCUT2D eigenvalue weighted by Gasteiger charge is 2.25. The molecule has 9 nitrogen and oxygen atoms in total. The highest BCUT2D eigenvalue weighted by molar-refractivity contribution is 5.94. The molecule has 38 heavy (non-hydrogen) atoms. The normalized spacial score (nSPS) is 14.8. The number of H-pyrrole nitrogens is 2. The molecule has 0 atom stereocenters. The van der Waals surface area contributed by atoms with Gasteiger partial charge in [-0.3, -0.25) is 9.69 Å². The summed E-state index contributed by atoms with van der Waals surface area (Å²) in [5, 5.41) is 12.9. The zero-order chi connectivity index (χ0) is 26.8. The van der Waals surface area contributed by atoms with Crippen LogP contribution in [0, 0.1) is 0 Å². The number of hydrogen-bond donors (Lipinski definition) is 3. The van der Waals surface area contributed by atoms with Crippen molar-refractivity contribution < 1.29 is 14.3 Å². The maximum absolute atomic E-state index is 11.7. The molecule has 1 amide bonds. The average molecular weight is 517 g/mol. The van der Waals surface area contributed by atoms with E-state index in [1.54, 1.807) is 21.3 Å². The molecule has 200 valence electrons. The number of hydrogen-bond acceptors (Lipinski definition) is 6. The average Bonchev–Trinajstić information content (AvgIpc) is 3.58. The summed E-state index contributed by atoms with van der Waals surface area (Å²) in [5.41, 5.74) is 5.46. The lowest BCUT2D eigenvalue weighted by Gasteiger charge is -2.30. The van der Waals surface area contributed by atoms with Crippen LogP contribution in [0.3, 0.4) is 0 Å². The second kappa shape index (κ2) is 10.9. The lowest BCUT2D eigenvalue weighted by molar-refractivity contribution is -0.122. The van der Waals surface area contributed by atoms with Gasteiger partial charge in [0.2, 0.25) is 5.91 Å². The van der Waals surface area contributed by atoms with E-state index in [2.05, 4.69) is 68.5 Å². The van der Waals surface area contributed by atoms with E-state index in [0.29, 0.717) is 29.9 Å². The van der Waals surface area contributed by atoms with Gasteiger partial charge in [0.25, 0.3) is 0 Å². The van der Waals surface area contributed by atoms with Crippen LogP contribution >= 0.6 is 0 Å². The number of aromatic nitrogens is 4. The summed E-state index contributed by atoms with van der Waals surface area (Å²) < 4.78 is 11.0. The van der Waals surface area contributed by atoms with Gasteiger partial charge in [0.05, 0.1) is 26.5 Å². The number of carbonyl (C=O) groups is 1. The van der Waals surface area contributed by atoms with Crippen LogP contribution in [0.5, 0.6) is 11.5 Å². The largest absolute Gasteiger partial charge is 0.493 e. The molecule has 2 aromatic carbocycles. The van der Waals surface area contributed by atoms with Crippen molar-refractivity contribution >= 4 is 16.8 Å². The zero-order valence-electron chi connectivity index (χ0n) is 22.7. The third-order valence-corrected chi connectivity index (χ3v) is 7.49.